The third-order valence-electron chi connectivity index (χ3n) is 2.48. The van der Waals surface area contributed by atoms with E-state index in [1.54, 1.807) is 12.4 Å². The topological polar surface area (TPSA) is 71.2 Å². The van der Waals surface area contributed by atoms with Gasteiger partial charge in [-0.25, -0.2) is 0 Å². The highest BCUT2D eigenvalue weighted by Gasteiger charge is 2.15. The minimum Gasteiger partial charge on any atom is -0.396 e. The molecule has 5 nitrogen and oxygen atoms in total. The largest absolute Gasteiger partial charge is 0.396 e. The minimum atomic E-state index is 0.102. The van der Waals surface area contributed by atoms with E-state index in [2.05, 4.69) is 15.2 Å². The maximum Gasteiger partial charge on any atom is 0.221 e. The third kappa shape index (κ3) is 2.18. The molecule has 0 aromatic carbocycles. The van der Waals surface area contributed by atoms with E-state index in [0.717, 1.165) is 12.2 Å². The van der Waals surface area contributed by atoms with Crippen LogP contribution in [0.2, 0.25) is 0 Å². The molecule has 0 saturated carbocycles. The Hall–Kier alpha value is -1.78. The third-order valence-corrected chi connectivity index (χ3v) is 2.48. The lowest BCUT2D eigenvalue weighted by Crippen LogP contribution is -2.28. The molecule has 2 heterocycles. The van der Waals surface area contributed by atoms with Gasteiger partial charge in [0.25, 0.3) is 0 Å². The summed E-state index contributed by atoms with van der Waals surface area (Å²) in [4.78, 5) is 17.2. The fourth-order valence-corrected chi connectivity index (χ4v) is 1.70. The van der Waals surface area contributed by atoms with Crippen LogP contribution in [0.5, 0.6) is 0 Å². The number of nitrogen functional groups attached to an aromatic ring is 1. The van der Waals surface area contributed by atoms with Crippen molar-refractivity contribution in [3.8, 4) is 0 Å². The molecule has 0 aliphatic carbocycles. The summed E-state index contributed by atoms with van der Waals surface area (Å²) in [7, 11) is 0. The first-order valence-electron chi connectivity index (χ1n) is 4.98. The molecule has 3 N–H and O–H groups in total. The quantitative estimate of drug-likeness (QED) is 0.678. The molecule has 1 aliphatic rings. The average Bonchev–Trinajstić information content (AvgIpc) is 2.44. The molecule has 15 heavy (non-hydrogen) atoms. The van der Waals surface area contributed by atoms with Gasteiger partial charge in [0.1, 0.15) is 0 Å². The Morgan fingerprint density at radius 1 is 1.47 bits per heavy atom. The van der Waals surface area contributed by atoms with Crippen molar-refractivity contribution in [3.05, 3.63) is 18.5 Å². The van der Waals surface area contributed by atoms with Crippen molar-refractivity contribution in [1.82, 2.24) is 10.3 Å². The van der Waals surface area contributed by atoms with E-state index in [0.29, 0.717) is 25.2 Å². The number of pyridine rings is 1. The second-order valence-electron chi connectivity index (χ2n) is 3.52. The van der Waals surface area contributed by atoms with E-state index in [-0.39, 0.29) is 5.91 Å². The van der Waals surface area contributed by atoms with Crippen LogP contribution in [0.15, 0.2) is 18.5 Å². The van der Waals surface area contributed by atoms with Crippen LogP contribution in [0.3, 0.4) is 0 Å². The van der Waals surface area contributed by atoms with Crippen LogP contribution in [0.25, 0.3) is 0 Å². The Morgan fingerprint density at radius 3 is 3.13 bits per heavy atom. The van der Waals surface area contributed by atoms with E-state index < -0.39 is 0 Å². The normalized spacial score (nSPS) is 17.1. The molecular weight excluding hydrogens is 192 g/mol. The van der Waals surface area contributed by atoms with Gasteiger partial charge in [0.05, 0.1) is 17.6 Å². The number of nitrogens with zero attached hydrogens (tertiary/aromatic N) is 2. The summed E-state index contributed by atoms with van der Waals surface area (Å²) in [5, 5.41) is 2.83. The first-order chi connectivity index (χ1) is 7.27. The van der Waals surface area contributed by atoms with Gasteiger partial charge in [-0.15, -0.1) is 0 Å². The fourth-order valence-electron chi connectivity index (χ4n) is 1.70. The minimum absolute atomic E-state index is 0.102. The highest BCUT2D eigenvalue weighted by atomic mass is 16.1. The summed E-state index contributed by atoms with van der Waals surface area (Å²) < 4.78 is 0. The molecule has 1 aromatic heterocycles. The lowest BCUT2D eigenvalue weighted by molar-refractivity contribution is -0.120. The predicted octanol–water partition coefficient (Wildman–Crippen LogP) is -0.00990. The smallest absolute Gasteiger partial charge is 0.221 e. The van der Waals surface area contributed by atoms with Crippen LogP contribution in [0, 0.1) is 0 Å². The highest BCUT2D eigenvalue weighted by molar-refractivity contribution is 5.77. The number of hydrogen-bond acceptors (Lipinski definition) is 4. The van der Waals surface area contributed by atoms with Crippen molar-refractivity contribution in [2.75, 3.05) is 30.3 Å². The van der Waals surface area contributed by atoms with Gasteiger partial charge in [0.2, 0.25) is 5.91 Å². The SMILES string of the molecule is Nc1cnccc1N1CCNC(=O)CC1. The first kappa shape index (κ1) is 9.76. The average molecular weight is 206 g/mol. The summed E-state index contributed by atoms with van der Waals surface area (Å²) in [5.41, 5.74) is 7.45. The zero-order valence-corrected chi connectivity index (χ0v) is 8.44. The number of nitrogens with one attached hydrogen (secondary N) is 1. The van der Waals surface area contributed by atoms with E-state index in [4.69, 9.17) is 5.73 Å². The molecule has 0 atom stereocenters. The van der Waals surface area contributed by atoms with Crippen molar-refractivity contribution in [2.24, 2.45) is 0 Å². The Morgan fingerprint density at radius 2 is 2.33 bits per heavy atom. The van der Waals surface area contributed by atoms with Crippen LogP contribution in [0.1, 0.15) is 6.42 Å². The molecule has 1 amide bonds. The number of carbonyl (C=O) groups excluding carboxylic acids is 1. The Bertz CT molecular complexity index is 366. The number of aromatic nitrogens is 1. The first-order valence-corrected chi connectivity index (χ1v) is 4.98. The van der Waals surface area contributed by atoms with Crippen molar-refractivity contribution in [3.63, 3.8) is 0 Å². The van der Waals surface area contributed by atoms with Gasteiger partial charge in [0, 0.05) is 32.3 Å². The number of carbonyl (C=O) groups is 1. The second-order valence-corrected chi connectivity index (χ2v) is 3.52. The number of anilines is 2. The van der Waals surface area contributed by atoms with Gasteiger partial charge in [-0.3, -0.25) is 9.78 Å². The summed E-state index contributed by atoms with van der Waals surface area (Å²) in [5.74, 6) is 0.102. The lowest BCUT2D eigenvalue weighted by Gasteiger charge is -2.22. The van der Waals surface area contributed by atoms with Crippen LogP contribution >= 0.6 is 0 Å². The zero-order chi connectivity index (χ0) is 10.7. The molecule has 80 valence electrons. The van der Waals surface area contributed by atoms with E-state index in [9.17, 15) is 4.79 Å². The highest BCUT2D eigenvalue weighted by Crippen LogP contribution is 2.21. The Kier molecular flexibility index (Phi) is 2.71. The number of rotatable bonds is 1. The van der Waals surface area contributed by atoms with E-state index in [1.165, 1.54) is 0 Å². The molecule has 0 radical (unpaired) electrons. The van der Waals surface area contributed by atoms with Crippen molar-refractivity contribution >= 4 is 17.3 Å². The molecule has 1 aromatic rings. The maximum absolute atomic E-state index is 11.2. The van der Waals surface area contributed by atoms with Crippen LogP contribution in [-0.4, -0.2) is 30.5 Å². The zero-order valence-electron chi connectivity index (χ0n) is 8.44. The molecule has 0 spiro atoms. The van der Waals surface area contributed by atoms with E-state index in [1.807, 2.05) is 6.07 Å². The van der Waals surface area contributed by atoms with Gasteiger partial charge in [-0.1, -0.05) is 0 Å². The van der Waals surface area contributed by atoms with Gasteiger partial charge in [0.15, 0.2) is 0 Å². The predicted molar refractivity (Wildman–Crippen MR) is 58.5 cm³/mol. The van der Waals surface area contributed by atoms with Crippen LogP contribution in [0.4, 0.5) is 11.4 Å². The summed E-state index contributed by atoms with van der Waals surface area (Å²) in [6, 6.07) is 1.88. The number of amides is 1. The Balaban J connectivity index is 2.16. The molecule has 5 heteroatoms. The van der Waals surface area contributed by atoms with Gasteiger partial charge in [-0.2, -0.15) is 0 Å². The van der Waals surface area contributed by atoms with Gasteiger partial charge in [-0.05, 0) is 6.07 Å². The summed E-state index contributed by atoms with van der Waals surface area (Å²) >= 11 is 0. The maximum atomic E-state index is 11.2. The Labute approximate surface area is 88.3 Å². The van der Waals surface area contributed by atoms with Crippen LogP contribution in [-0.2, 0) is 4.79 Å². The van der Waals surface area contributed by atoms with Crippen LogP contribution < -0.4 is 16.0 Å². The van der Waals surface area contributed by atoms with Gasteiger partial charge < -0.3 is 16.0 Å². The fraction of sp³-hybridized carbons (Fsp3) is 0.400. The molecule has 1 aliphatic heterocycles. The monoisotopic (exact) mass is 206 g/mol. The molecule has 1 saturated heterocycles. The summed E-state index contributed by atoms with van der Waals surface area (Å²) in [6.45, 7) is 2.17. The molecular formula is C10H14N4O. The molecule has 1 fully saturated rings. The van der Waals surface area contributed by atoms with Gasteiger partial charge >= 0.3 is 0 Å². The number of nitrogens with two attached hydrogens (primary N) is 1. The second kappa shape index (κ2) is 4.16. The molecule has 0 bridgehead atoms. The molecule has 0 unspecified atom stereocenters. The van der Waals surface area contributed by atoms with Crippen molar-refractivity contribution < 1.29 is 4.79 Å². The van der Waals surface area contributed by atoms with E-state index >= 15 is 0 Å². The number of hydrogen-bond donors (Lipinski definition) is 2. The summed E-state index contributed by atoms with van der Waals surface area (Å²) in [6.07, 6.45) is 3.86. The lowest BCUT2D eigenvalue weighted by atomic mass is 10.3. The molecule has 2 rings (SSSR count). The van der Waals surface area contributed by atoms with Crippen molar-refractivity contribution in [1.29, 1.82) is 0 Å². The van der Waals surface area contributed by atoms with Crippen molar-refractivity contribution in [2.45, 2.75) is 6.42 Å². The standard InChI is InChI=1S/C10H14N4O/c11-8-7-12-3-1-9(8)14-5-2-10(15)13-4-6-14/h1,3,7H,2,4-6,11H2,(H,13,15).